The zero-order valence-electron chi connectivity index (χ0n) is 20.4. The number of carbonyl (C=O) groups excluding carboxylic acids is 1. The van der Waals surface area contributed by atoms with E-state index in [9.17, 15) is 4.79 Å². The highest BCUT2D eigenvalue weighted by molar-refractivity contribution is 7.80. The van der Waals surface area contributed by atoms with Gasteiger partial charge >= 0.3 is 0 Å². The number of nitrogens with one attached hydrogen (secondary N) is 2. The third kappa shape index (κ3) is 4.88. The highest BCUT2D eigenvalue weighted by Crippen LogP contribution is 2.39. The van der Waals surface area contributed by atoms with Crippen LogP contribution in [0.4, 0.5) is 5.69 Å². The Labute approximate surface area is 217 Å². The first-order valence-electron chi connectivity index (χ1n) is 12.1. The van der Waals surface area contributed by atoms with Gasteiger partial charge < -0.3 is 20.1 Å². The fraction of sp³-hybridized carbons (Fsp3) is 0.207. The second-order valence-electron chi connectivity index (χ2n) is 9.08. The summed E-state index contributed by atoms with van der Waals surface area (Å²) >= 11 is 5.79. The van der Waals surface area contributed by atoms with Crippen molar-refractivity contribution in [3.8, 4) is 5.69 Å². The lowest BCUT2D eigenvalue weighted by atomic mass is 10.0. The molecule has 6 nitrogen and oxygen atoms in total. The number of amides is 1. The minimum absolute atomic E-state index is 0.0371. The number of aryl methyl sites for hydroxylation is 2. The van der Waals surface area contributed by atoms with Crippen LogP contribution in [0, 0.1) is 13.8 Å². The number of nitrogens with zero attached hydrogens (tertiary/aromatic N) is 3. The van der Waals surface area contributed by atoms with Crippen molar-refractivity contribution in [1.82, 2.24) is 19.8 Å². The average Bonchev–Trinajstić information content (AvgIpc) is 3.50. The van der Waals surface area contributed by atoms with Gasteiger partial charge in [-0.05, 0) is 79.7 Å². The molecule has 0 spiro atoms. The van der Waals surface area contributed by atoms with E-state index in [0.29, 0.717) is 18.1 Å². The maximum atomic E-state index is 13.0. The number of benzene rings is 2. The number of anilines is 1. The van der Waals surface area contributed by atoms with E-state index in [0.717, 1.165) is 33.9 Å². The Hall–Kier alpha value is -3.97. The number of pyridine rings is 1. The quantitative estimate of drug-likeness (QED) is 0.332. The summed E-state index contributed by atoms with van der Waals surface area (Å²) in [6, 6.07) is 26.1. The summed E-state index contributed by atoms with van der Waals surface area (Å²) in [5.41, 5.74) is 6.07. The van der Waals surface area contributed by atoms with Gasteiger partial charge in [-0.15, -0.1) is 0 Å². The predicted octanol–water partition coefficient (Wildman–Crippen LogP) is 5.49. The molecule has 0 radical (unpaired) electrons. The number of aromatic nitrogens is 2. The van der Waals surface area contributed by atoms with Gasteiger partial charge in [0, 0.05) is 42.4 Å². The summed E-state index contributed by atoms with van der Waals surface area (Å²) in [6.07, 6.45) is 4.17. The minimum atomic E-state index is -0.141. The molecule has 3 heterocycles. The molecule has 0 unspecified atom stereocenters. The van der Waals surface area contributed by atoms with E-state index in [2.05, 4.69) is 49.5 Å². The van der Waals surface area contributed by atoms with E-state index in [4.69, 9.17) is 12.2 Å². The molecule has 182 valence electrons. The predicted molar refractivity (Wildman–Crippen MR) is 147 cm³/mol. The molecule has 1 saturated heterocycles. The Morgan fingerprint density at radius 3 is 2.61 bits per heavy atom. The van der Waals surface area contributed by atoms with Crippen LogP contribution in [-0.2, 0) is 4.79 Å². The van der Waals surface area contributed by atoms with Crippen molar-refractivity contribution in [2.24, 2.45) is 0 Å². The van der Waals surface area contributed by atoms with Gasteiger partial charge in [-0.1, -0.05) is 36.4 Å². The summed E-state index contributed by atoms with van der Waals surface area (Å²) in [5.74, 6) is -0.0371. The molecule has 0 bridgehead atoms. The standard InChI is InChI=1S/C29H29N5OS/c1-20-13-14-21(2)24(19-20)31-26(35)15-18-34-28(27(32-29(34)36)23-11-6-7-16-30-23)25-12-8-17-33(25)22-9-4-3-5-10-22/h3-14,16-17,19,27-28H,15,18H2,1-2H3,(H,31,35)(H,32,36)/t27-,28+/m1/s1. The molecule has 2 N–H and O–H groups in total. The van der Waals surface area contributed by atoms with Gasteiger partial charge in [-0.2, -0.15) is 0 Å². The molecule has 0 aliphatic carbocycles. The van der Waals surface area contributed by atoms with Crippen LogP contribution in [0.1, 0.15) is 41.0 Å². The highest BCUT2D eigenvalue weighted by Gasteiger charge is 2.41. The van der Waals surface area contributed by atoms with Crippen LogP contribution in [0.3, 0.4) is 0 Å². The third-order valence-electron chi connectivity index (χ3n) is 6.56. The van der Waals surface area contributed by atoms with Gasteiger partial charge in [0.25, 0.3) is 0 Å². The number of thiocarbonyl (C=S) groups is 1. The fourth-order valence-corrected chi connectivity index (χ4v) is 5.06. The molecule has 1 aliphatic rings. The first-order chi connectivity index (χ1) is 17.5. The van der Waals surface area contributed by atoms with Gasteiger partial charge in [0.1, 0.15) is 0 Å². The molecule has 7 heteroatoms. The summed E-state index contributed by atoms with van der Waals surface area (Å²) in [6.45, 7) is 4.50. The Morgan fingerprint density at radius 2 is 1.83 bits per heavy atom. The van der Waals surface area contributed by atoms with Gasteiger partial charge in [0.2, 0.25) is 5.91 Å². The number of rotatable bonds is 7. The third-order valence-corrected chi connectivity index (χ3v) is 6.91. The number of para-hydroxylation sites is 1. The van der Waals surface area contributed by atoms with Crippen LogP contribution in [0.2, 0.25) is 0 Å². The van der Waals surface area contributed by atoms with Crippen molar-refractivity contribution in [2.75, 3.05) is 11.9 Å². The SMILES string of the molecule is Cc1ccc(C)c(NC(=O)CCN2C(=S)N[C@H](c3ccccn3)[C@@H]2c2cccn2-c2ccccc2)c1. The topological polar surface area (TPSA) is 62.2 Å². The fourth-order valence-electron chi connectivity index (χ4n) is 4.73. The molecule has 2 aromatic carbocycles. The smallest absolute Gasteiger partial charge is 0.226 e. The van der Waals surface area contributed by atoms with Gasteiger partial charge in [-0.25, -0.2) is 0 Å². The Morgan fingerprint density at radius 1 is 1.03 bits per heavy atom. The molecule has 1 fully saturated rings. The minimum Gasteiger partial charge on any atom is -0.352 e. The van der Waals surface area contributed by atoms with Crippen molar-refractivity contribution >= 4 is 28.9 Å². The largest absolute Gasteiger partial charge is 0.352 e. The van der Waals surface area contributed by atoms with Gasteiger partial charge in [0.05, 0.1) is 17.8 Å². The van der Waals surface area contributed by atoms with Crippen LogP contribution >= 0.6 is 12.2 Å². The lowest BCUT2D eigenvalue weighted by Crippen LogP contribution is -2.33. The van der Waals surface area contributed by atoms with E-state index in [-0.39, 0.29) is 18.0 Å². The first kappa shape index (κ1) is 23.8. The number of carbonyl (C=O) groups is 1. The summed E-state index contributed by atoms with van der Waals surface area (Å²) in [7, 11) is 0. The monoisotopic (exact) mass is 495 g/mol. The molecule has 0 saturated carbocycles. The van der Waals surface area contributed by atoms with E-state index < -0.39 is 0 Å². The number of hydrogen-bond acceptors (Lipinski definition) is 3. The van der Waals surface area contributed by atoms with E-state index in [1.54, 1.807) is 6.20 Å². The maximum absolute atomic E-state index is 13.0. The van der Waals surface area contributed by atoms with Crippen LogP contribution in [-0.4, -0.2) is 32.0 Å². The molecule has 1 aliphatic heterocycles. The maximum Gasteiger partial charge on any atom is 0.226 e. The van der Waals surface area contributed by atoms with Crippen molar-refractivity contribution in [3.05, 3.63) is 114 Å². The zero-order valence-corrected chi connectivity index (χ0v) is 21.2. The molecule has 2 atom stereocenters. The van der Waals surface area contributed by atoms with Gasteiger partial charge in [-0.3, -0.25) is 9.78 Å². The van der Waals surface area contributed by atoms with Crippen LogP contribution in [0.5, 0.6) is 0 Å². The van der Waals surface area contributed by atoms with E-state index in [1.165, 1.54) is 0 Å². The number of hydrogen-bond donors (Lipinski definition) is 2. The second kappa shape index (κ2) is 10.3. The molecule has 2 aromatic heterocycles. The van der Waals surface area contributed by atoms with Crippen molar-refractivity contribution < 1.29 is 4.79 Å². The normalized spacial score (nSPS) is 17.2. The Kier molecular flexibility index (Phi) is 6.82. The lowest BCUT2D eigenvalue weighted by Gasteiger charge is -2.29. The summed E-state index contributed by atoms with van der Waals surface area (Å²) < 4.78 is 2.18. The molecule has 36 heavy (non-hydrogen) atoms. The average molecular weight is 496 g/mol. The molecule has 4 aromatic rings. The van der Waals surface area contributed by atoms with Crippen molar-refractivity contribution in [3.63, 3.8) is 0 Å². The summed E-state index contributed by atoms with van der Waals surface area (Å²) in [5, 5.41) is 7.17. The van der Waals surface area contributed by atoms with Crippen LogP contribution in [0.25, 0.3) is 5.69 Å². The van der Waals surface area contributed by atoms with Crippen molar-refractivity contribution in [2.45, 2.75) is 32.4 Å². The van der Waals surface area contributed by atoms with E-state index in [1.807, 2.05) is 74.5 Å². The van der Waals surface area contributed by atoms with E-state index >= 15 is 0 Å². The summed E-state index contributed by atoms with van der Waals surface area (Å²) in [4.78, 5) is 19.7. The molecule has 5 rings (SSSR count). The molecular formula is C29H29N5OS. The molecular weight excluding hydrogens is 466 g/mol. The Bertz CT molecular complexity index is 1370. The Balaban J connectivity index is 1.43. The zero-order chi connectivity index (χ0) is 25.1. The van der Waals surface area contributed by atoms with Gasteiger partial charge in [0.15, 0.2) is 5.11 Å². The lowest BCUT2D eigenvalue weighted by molar-refractivity contribution is -0.116. The first-order valence-corrected chi connectivity index (χ1v) is 12.5. The van der Waals surface area contributed by atoms with Crippen LogP contribution in [0.15, 0.2) is 91.3 Å². The van der Waals surface area contributed by atoms with Crippen LogP contribution < -0.4 is 10.6 Å². The molecule has 1 amide bonds. The second-order valence-corrected chi connectivity index (χ2v) is 9.46. The van der Waals surface area contributed by atoms with Crippen molar-refractivity contribution in [1.29, 1.82) is 0 Å². The highest BCUT2D eigenvalue weighted by atomic mass is 32.1.